The average molecular weight is 347 g/mol. The van der Waals surface area contributed by atoms with Crippen molar-refractivity contribution in [3.8, 4) is 0 Å². The van der Waals surface area contributed by atoms with Gasteiger partial charge < -0.3 is 9.30 Å². The van der Waals surface area contributed by atoms with Gasteiger partial charge in [0.25, 0.3) is 0 Å². The first-order valence-corrected chi connectivity index (χ1v) is 9.14. The van der Waals surface area contributed by atoms with Crippen LogP contribution in [0.15, 0.2) is 24.5 Å². The van der Waals surface area contributed by atoms with E-state index in [1.54, 1.807) is 6.92 Å². The molecule has 2 atom stereocenters. The minimum absolute atomic E-state index is 0.215. The first kappa shape index (κ1) is 15.9. The molecule has 0 aromatic carbocycles. The maximum Gasteiger partial charge on any atom is 0.219 e. The summed E-state index contributed by atoms with van der Waals surface area (Å²) >= 11 is 6.06. The molecular weight excluding hydrogens is 324 g/mol. The molecule has 128 valence electrons. The van der Waals surface area contributed by atoms with Crippen molar-refractivity contribution in [2.45, 2.75) is 51.2 Å². The van der Waals surface area contributed by atoms with Crippen molar-refractivity contribution in [3.05, 3.63) is 35.2 Å². The molecule has 0 aliphatic carbocycles. The van der Waals surface area contributed by atoms with Gasteiger partial charge in [-0.15, -0.1) is 0 Å². The molecule has 4 rings (SSSR count). The fourth-order valence-electron chi connectivity index (χ4n) is 4.37. The van der Waals surface area contributed by atoms with Crippen LogP contribution in [0.4, 0.5) is 0 Å². The fourth-order valence-corrected chi connectivity index (χ4v) is 4.54. The molecule has 6 heteroatoms. The summed E-state index contributed by atoms with van der Waals surface area (Å²) in [4.78, 5) is 21.2. The largest absolute Gasteiger partial charge is 0.338 e. The summed E-state index contributed by atoms with van der Waals surface area (Å²) in [7, 11) is 0. The van der Waals surface area contributed by atoms with E-state index in [2.05, 4.69) is 16.0 Å². The van der Waals surface area contributed by atoms with Gasteiger partial charge in [0.2, 0.25) is 5.91 Å². The molecule has 2 aliphatic rings. The van der Waals surface area contributed by atoms with Crippen molar-refractivity contribution in [2.75, 3.05) is 13.1 Å². The van der Waals surface area contributed by atoms with Crippen molar-refractivity contribution in [3.63, 3.8) is 0 Å². The number of carbonyl (C=O) groups is 1. The number of rotatable bonds is 3. The van der Waals surface area contributed by atoms with Gasteiger partial charge in [-0.05, 0) is 44.4 Å². The van der Waals surface area contributed by atoms with Gasteiger partial charge in [0.1, 0.15) is 5.65 Å². The second-order valence-corrected chi connectivity index (χ2v) is 7.38. The summed E-state index contributed by atoms with van der Waals surface area (Å²) < 4.78 is 1.99. The van der Waals surface area contributed by atoms with Crippen LogP contribution in [0.25, 0.3) is 5.65 Å². The lowest BCUT2D eigenvalue weighted by molar-refractivity contribution is -0.130. The first-order chi connectivity index (χ1) is 11.6. The number of aromatic nitrogens is 2. The normalized spacial score (nSPS) is 25.0. The van der Waals surface area contributed by atoms with Gasteiger partial charge in [-0.3, -0.25) is 9.69 Å². The number of carbonyl (C=O) groups excluding carboxylic acids is 1. The summed E-state index contributed by atoms with van der Waals surface area (Å²) in [6.45, 7) is 4.54. The molecule has 4 heterocycles. The van der Waals surface area contributed by atoms with Crippen LogP contribution >= 0.6 is 11.6 Å². The lowest BCUT2D eigenvalue weighted by Crippen LogP contribution is -2.47. The predicted octanol–water partition coefficient (Wildman–Crippen LogP) is 2.96. The Balaban J connectivity index is 1.53. The zero-order valence-corrected chi connectivity index (χ0v) is 14.7. The summed E-state index contributed by atoms with van der Waals surface area (Å²) in [5.41, 5.74) is 1.99. The molecule has 24 heavy (non-hydrogen) atoms. The van der Waals surface area contributed by atoms with E-state index in [0.717, 1.165) is 43.8 Å². The highest BCUT2D eigenvalue weighted by molar-refractivity contribution is 6.30. The van der Waals surface area contributed by atoms with E-state index >= 15 is 0 Å². The Morgan fingerprint density at radius 2 is 2.00 bits per heavy atom. The number of hydrogen-bond donors (Lipinski definition) is 0. The predicted molar refractivity (Wildman–Crippen MR) is 94.0 cm³/mol. The fraction of sp³-hybridized carbons (Fsp3) is 0.556. The number of amides is 1. The van der Waals surface area contributed by atoms with E-state index in [-0.39, 0.29) is 5.91 Å². The number of likely N-dealkylation sites (tertiary alicyclic amines) is 2. The van der Waals surface area contributed by atoms with Gasteiger partial charge in [0, 0.05) is 44.5 Å². The Morgan fingerprint density at radius 3 is 2.83 bits per heavy atom. The standard InChI is InChI=1S/C18H23ClN4O/c1-13(24)23-9-3-5-17(23)16-4-2-8-21(16)11-15-12-22-10-14(19)6-7-18(22)20-15/h6-7,10,12,16-17H,2-5,8-9,11H2,1H3/t16-,17-/m0/s1. The monoisotopic (exact) mass is 346 g/mol. The van der Waals surface area contributed by atoms with E-state index < -0.39 is 0 Å². The minimum atomic E-state index is 0.215. The second-order valence-electron chi connectivity index (χ2n) is 6.95. The third-order valence-electron chi connectivity index (χ3n) is 5.39. The lowest BCUT2D eigenvalue weighted by atomic mass is 10.0. The van der Waals surface area contributed by atoms with Crippen molar-refractivity contribution in [2.24, 2.45) is 0 Å². The third kappa shape index (κ3) is 2.91. The first-order valence-electron chi connectivity index (χ1n) is 8.76. The topological polar surface area (TPSA) is 40.9 Å². The highest BCUT2D eigenvalue weighted by atomic mass is 35.5. The zero-order valence-electron chi connectivity index (χ0n) is 14.0. The smallest absolute Gasteiger partial charge is 0.219 e. The van der Waals surface area contributed by atoms with Crippen molar-refractivity contribution >= 4 is 23.2 Å². The van der Waals surface area contributed by atoms with Gasteiger partial charge in [-0.25, -0.2) is 4.98 Å². The van der Waals surface area contributed by atoms with E-state index in [0.29, 0.717) is 17.1 Å². The number of nitrogens with zero attached hydrogens (tertiary/aromatic N) is 4. The summed E-state index contributed by atoms with van der Waals surface area (Å²) in [6, 6.07) is 4.65. The maximum absolute atomic E-state index is 11.9. The van der Waals surface area contributed by atoms with Crippen molar-refractivity contribution in [1.82, 2.24) is 19.2 Å². The Hall–Kier alpha value is -1.59. The lowest BCUT2D eigenvalue weighted by Gasteiger charge is -2.34. The Kier molecular flexibility index (Phi) is 4.22. The van der Waals surface area contributed by atoms with Gasteiger partial charge in [-0.2, -0.15) is 0 Å². The van der Waals surface area contributed by atoms with E-state index in [1.165, 1.54) is 12.8 Å². The summed E-state index contributed by atoms with van der Waals surface area (Å²) in [6.07, 6.45) is 8.58. The molecule has 2 saturated heterocycles. The van der Waals surface area contributed by atoms with Gasteiger partial charge in [0.15, 0.2) is 0 Å². The molecule has 0 unspecified atom stereocenters. The second kappa shape index (κ2) is 6.37. The van der Waals surface area contributed by atoms with Crippen molar-refractivity contribution in [1.29, 1.82) is 0 Å². The third-order valence-corrected chi connectivity index (χ3v) is 5.62. The minimum Gasteiger partial charge on any atom is -0.338 e. The molecule has 2 fully saturated rings. The average Bonchev–Trinajstić information content (AvgIpc) is 3.24. The van der Waals surface area contributed by atoms with E-state index in [4.69, 9.17) is 16.6 Å². The maximum atomic E-state index is 11.9. The van der Waals surface area contributed by atoms with Crippen LogP contribution in [-0.2, 0) is 11.3 Å². The Labute approximate surface area is 147 Å². The van der Waals surface area contributed by atoms with Crippen LogP contribution in [0, 0.1) is 0 Å². The number of hydrogen-bond acceptors (Lipinski definition) is 3. The SMILES string of the molecule is CC(=O)N1CCC[C@H]1[C@@H]1CCCN1Cc1cn2cc(Cl)ccc2n1. The molecule has 2 aromatic heterocycles. The van der Waals surface area contributed by atoms with Crippen LogP contribution in [0.5, 0.6) is 0 Å². The zero-order chi connectivity index (χ0) is 16.7. The van der Waals surface area contributed by atoms with Crippen molar-refractivity contribution < 1.29 is 4.79 Å². The molecule has 0 spiro atoms. The molecule has 2 aliphatic heterocycles. The number of halogens is 1. The molecule has 2 aromatic rings. The van der Waals surface area contributed by atoms with Gasteiger partial charge in [-0.1, -0.05) is 11.6 Å². The van der Waals surface area contributed by atoms with Crippen LogP contribution in [-0.4, -0.2) is 50.3 Å². The number of fused-ring (bicyclic) bond motifs is 1. The molecule has 0 N–H and O–H groups in total. The van der Waals surface area contributed by atoms with Crippen LogP contribution in [0.2, 0.25) is 5.02 Å². The quantitative estimate of drug-likeness (QED) is 0.858. The van der Waals surface area contributed by atoms with Crippen LogP contribution in [0.3, 0.4) is 0 Å². The molecule has 5 nitrogen and oxygen atoms in total. The highest BCUT2D eigenvalue weighted by Crippen LogP contribution is 2.31. The van der Waals surface area contributed by atoms with Crippen LogP contribution in [0.1, 0.15) is 38.3 Å². The number of imidazole rings is 1. The van der Waals surface area contributed by atoms with Crippen LogP contribution < -0.4 is 0 Å². The molecule has 0 saturated carbocycles. The molecule has 1 amide bonds. The molecule has 0 bridgehead atoms. The van der Waals surface area contributed by atoms with E-state index in [9.17, 15) is 4.79 Å². The molecule has 0 radical (unpaired) electrons. The van der Waals surface area contributed by atoms with Gasteiger partial charge >= 0.3 is 0 Å². The Morgan fingerprint density at radius 1 is 1.21 bits per heavy atom. The van der Waals surface area contributed by atoms with E-state index in [1.807, 2.05) is 22.7 Å². The summed E-state index contributed by atoms with van der Waals surface area (Å²) in [5.74, 6) is 0.215. The number of pyridine rings is 1. The Bertz CT molecular complexity index is 759. The van der Waals surface area contributed by atoms with Gasteiger partial charge in [0.05, 0.1) is 10.7 Å². The molecular formula is C18H23ClN4O. The summed E-state index contributed by atoms with van der Waals surface area (Å²) in [5, 5.41) is 0.716. The highest BCUT2D eigenvalue weighted by Gasteiger charge is 2.38.